The molecule has 1 aromatic carbocycles. The van der Waals surface area contributed by atoms with Gasteiger partial charge in [-0.3, -0.25) is 4.79 Å². The molecule has 0 bridgehead atoms. The number of esters is 1. The van der Waals surface area contributed by atoms with E-state index in [2.05, 4.69) is 21.2 Å². The maximum absolute atomic E-state index is 10.5. The van der Waals surface area contributed by atoms with Crippen LogP contribution in [0.2, 0.25) is 0 Å². The first-order valence-electron chi connectivity index (χ1n) is 4.52. The molecule has 3 N–H and O–H groups in total. The highest BCUT2D eigenvalue weighted by atomic mass is 79.9. The Hall–Kier alpha value is -1.23. The fourth-order valence-corrected chi connectivity index (χ4v) is 1.42. The number of hydrogen-bond acceptors (Lipinski definition) is 4. The maximum atomic E-state index is 10.5. The van der Waals surface area contributed by atoms with Crippen LogP contribution in [0.1, 0.15) is 6.92 Å². The van der Waals surface area contributed by atoms with Gasteiger partial charge in [0.15, 0.2) is 0 Å². The number of carbonyl (C=O) groups excluding carboxylic acids is 1. The topological polar surface area (TPSA) is 64.3 Å². The molecule has 5 heteroatoms. The molecule has 0 radical (unpaired) electrons. The van der Waals surface area contributed by atoms with Gasteiger partial charge in [-0.1, -0.05) is 15.9 Å². The zero-order chi connectivity index (χ0) is 11.3. The first-order valence-corrected chi connectivity index (χ1v) is 5.31. The number of nitrogens with two attached hydrogens (primary N) is 1. The summed E-state index contributed by atoms with van der Waals surface area (Å²) in [6.45, 7) is 2.26. The van der Waals surface area contributed by atoms with Crippen molar-refractivity contribution in [2.45, 2.75) is 6.92 Å². The van der Waals surface area contributed by atoms with Crippen molar-refractivity contribution in [3.8, 4) is 0 Å². The second-order valence-corrected chi connectivity index (χ2v) is 3.91. The van der Waals surface area contributed by atoms with Gasteiger partial charge in [-0.15, -0.1) is 0 Å². The quantitative estimate of drug-likeness (QED) is 0.500. The van der Waals surface area contributed by atoms with E-state index in [4.69, 9.17) is 10.5 Å². The Balaban J connectivity index is 2.43. The molecule has 4 nitrogen and oxygen atoms in total. The number of hydrogen-bond donors (Lipinski definition) is 2. The van der Waals surface area contributed by atoms with Crippen LogP contribution in [0.15, 0.2) is 22.7 Å². The third-order valence-corrected chi connectivity index (χ3v) is 2.23. The van der Waals surface area contributed by atoms with E-state index >= 15 is 0 Å². The lowest BCUT2D eigenvalue weighted by Gasteiger charge is -2.09. The number of rotatable bonds is 4. The maximum Gasteiger partial charge on any atom is 0.302 e. The summed E-state index contributed by atoms with van der Waals surface area (Å²) < 4.78 is 5.73. The van der Waals surface area contributed by atoms with Crippen LogP contribution < -0.4 is 11.1 Å². The average Bonchev–Trinajstić information content (AvgIpc) is 2.17. The van der Waals surface area contributed by atoms with E-state index in [1.54, 1.807) is 6.07 Å². The van der Waals surface area contributed by atoms with Gasteiger partial charge in [0.1, 0.15) is 6.61 Å². The van der Waals surface area contributed by atoms with Gasteiger partial charge in [-0.25, -0.2) is 0 Å². The van der Waals surface area contributed by atoms with Crippen LogP contribution in [0.4, 0.5) is 11.4 Å². The molecule has 15 heavy (non-hydrogen) atoms. The van der Waals surface area contributed by atoms with Crippen molar-refractivity contribution in [3.05, 3.63) is 22.7 Å². The Bertz CT molecular complexity index is 355. The van der Waals surface area contributed by atoms with E-state index in [-0.39, 0.29) is 5.97 Å². The van der Waals surface area contributed by atoms with E-state index < -0.39 is 0 Å². The third kappa shape index (κ3) is 4.20. The van der Waals surface area contributed by atoms with Crippen LogP contribution in [0.25, 0.3) is 0 Å². The summed E-state index contributed by atoms with van der Waals surface area (Å²) in [4.78, 5) is 10.5. The normalized spacial score (nSPS) is 9.73. The lowest BCUT2D eigenvalue weighted by molar-refractivity contribution is -0.140. The van der Waals surface area contributed by atoms with Gasteiger partial charge >= 0.3 is 5.97 Å². The van der Waals surface area contributed by atoms with E-state index in [1.807, 2.05) is 12.1 Å². The Kier molecular flexibility index (Phi) is 4.42. The minimum Gasteiger partial charge on any atom is -0.464 e. The minimum atomic E-state index is -0.279. The van der Waals surface area contributed by atoms with Crippen molar-refractivity contribution in [3.63, 3.8) is 0 Å². The van der Waals surface area contributed by atoms with Crippen LogP contribution in [0, 0.1) is 0 Å². The van der Waals surface area contributed by atoms with Gasteiger partial charge in [0.25, 0.3) is 0 Å². The number of benzene rings is 1. The van der Waals surface area contributed by atoms with Crippen LogP contribution in [0.5, 0.6) is 0 Å². The molecule has 0 atom stereocenters. The zero-order valence-electron chi connectivity index (χ0n) is 8.42. The highest BCUT2D eigenvalue weighted by Gasteiger charge is 1.99. The molecule has 0 spiro atoms. The molecule has 0 fully saturated rings. The molecule has 0 saturated carbocycles. The summed E-state index contributed by atoms with van der Waals surface area (Å²) in [6, 6.07) is 5.55. The van der Waals surface area contributed by atoms with Crippen molar-refractivity contribution in [2.75, 3.05) is 24.2 Å². The molecule has 0 aliphatic rings. The number of anilines is 2. The molecule has 0 aliphatic heterocycles. The lowest BCUT2D eigenvalue weighted by atomic mass is 10.3. The van der Waals surface area contributed by atoms with Gasteiger partial charge in [-0.2, -0.15) is 0 Å². The van der Waals surface area contributed by atoms with Gasteiger partial charge in [0.2, 0.25) is 0 Å². The first kappa shape index (κ1) is 11.8. The smallest absolute Gasteiger partial charge is 0.302 e. The Labute approximate surface area is 96.9 Å². The summed E-state index contributed by atoms with van der Waals surface area (Å²) >= 11 is 3.35. The fourth-order valence-electron chi connectivity index (χ4n) is 1.06. The van der Waals surface area contributed by atoms with Crippen LogP contribution in [0.3, 0.4) is 0 Å². The molecule has 0 amide bonds. The van der Waals surface area contributed by atoms with Crippen LogP contribution in [-0.4, -0.2) is 19.1 Å². The van der Waals surface area contributed by atoms with E-state index in [0.29, 0.717) is 18.8 Å². The Morgan fingerprint density at radius 2 is 2.33 bits per heavy atom. The Morgan fingerprint density at radius 3 is 3.00 bits per heavy atom. The van der Waals surface area contributed by atoms with E-state index in [1.165, 1.54) is 6.92 Å². The average molecular weight is 273 g/mol. The summed E-state index contributed by atoms with van der Waals surface area (Å²) in [7, 11) is 0. The monoisotopic (exact) mass is 272 g/mol. The first-order chi connectivity index (χ1) is 7.09. The highest BCUT2D eigenvalue weighted by Crippen LogP contribution is 2.22. The largest absolute Gasteiger partial charge is 0.464 e. The third-order valence-electron chi connectivity index (χ3n) is 1.74. The van der Waals surface area contributed by atoms with Crippen molar-refractivity contribution in [1.82, 2.24) is 0 Å². The molecular weight excluding hydrogens is 260 g/mol. The number of nitrogens with one attached hydrogen (secondary N) is 1. The summed E-state index contributed by atoms with van der Waals surface area (Å²) in [5, 5.41) is 3.08. The molecule has 82 valence electrons. The van der Waals surface area contributed by atoms with Gasteiger partial charge in [-0.05, 0) is 18.2 Å². The van der Waals surface area contributed by atoms with Gasteiger partial charge in [0, 0.05) is 17.9 Å². The molecular formula is C10H13BrN2O2. The van der Waals surface area contributed by atoms with Crippen molar-refractivity contribution in [1.29, 1.82) is 0 Å². The summed E-state index contributed by atoms with van der Waals surface area (Å²) in [6.07, 6.45) is 0. The second kappa shape index (κ2) is 5.60. The molecule has 0 aromatic heterocycles. The van der Waals surface area contributed by atoms with E-state index in [9.17, 15) is 4.79 Å². The fraction of sp³-hybridized carbons (Fsp3) is 0.300. The Morgan fingerprint density at radius 1 is 1.60 bits per heavy atom. The SMILES string of the molecule is CC(=O)OCCNc1cc(Br)ccc1N. The molecule has 1 aromatic rings. The van der Waals surface area contributed by atoms with Gasteiger partial charge < -0.3 is 15.8 Å². The zero-order valence-corrected chi connectivity index (χ0v) is 10.0. The minimum absolute atomic E-state index is 0.279. The van der Waals surface area contributed by atoms with Crippen molar-refractivity contribution in [2.24, 2.45) is 0 Å². The number of carbonyl (C=O) groups is 1. The number of nitrogen functional groups attached to an aromatic ring is 1. The van der Waals surface area contributed by atoms with Crippen molar-refractivity contribution >= 4 is 33.3 Å². The number of ether oxygens (including phenoxy) is 1. The standard InChI is InChI=1S/C10H13BrN2O2/c1-7(14)15-5-4-13-10-6-8(11)2-3-9(10)12/h2-3,6,13H,4-5,12H2,1H3. The van der Waals surface area contributed by atoms with Crippen molar-refractivity contribution < 1.29 is 9.53 Å². The summed E-state index contributed by atoms with van der Waals surface area (Å²) in [5.74, 6) is -0.279. The molecule has 0 heterocycles. The predicted octanol–water partition coefficient (Wildman–Crippen LogP) is 2.01. The van der Waals surface area contributed by atoms with Crippen LogP contribution in [-0.2, 0) is 9.53 Å². The highest BCUT2D eigenvalue weighted by molar-refractivity contribution is 9.10. The van der Waals surface area contributed by atoms with Crippen LogP contribution >= 0.6 is 15.9 Å². The van der Waals surface area contributed by atoms with E-state index in [0.717, 1.165) is 10.2 Å². The van der Waals surface area contributed by atoms with Gasteiger partial charge in [0.05, 0.1) is 11.4 Å². The summed E-state index contributed by atoms with van der Waals surface area (Å²) in [5.41, 5.74) is 7.24. The molecule has 0 aliphatic carbocycles. The lowest BCUT2D eigenvalue weighted by Crippen LogP contribution is -2.12. The predicted molar refractivity (Wildman–Crippen MR) is 63.7 cm³/mol. The number of halogens is 1. The second-order valence-electron chi connectivity index (χ2n) is 3.00. The molecule has 0 unspecified atom stereocenters. The molecule has 0 saturated heterocycles. The molecule has 1 rings (SSSR count).